The molecule has 5 heteroatoms. The molecule has 3 nitrogen and oxygen atoms in total. The minimum absolute atomic E-state index is 0.0280. The summed E-state index contributed by atoms with van der Waals surface area (Å²) in [7, 11) is 0. The van der Waals surface area contributed by atoms with E-state index in [0.717, 1.165) is 17.7 Å². The van der Waals surface area contributed by atoms with Crippen LogP contribution in [0.25, 0.3) is 0 Å². The summed E-state index contributed by atoms with van der Waals surface area (Å²) in [6, 6.07) is 4.10. The predicted molar refractivity (Wildman–Crippen MR) is 89.9 cm³/mol. The lowest BCUT2D eigenvalue weighted by Gasteiger charge is -2.31. The molecule has 0 saturated heterocycles. The van der Waals surface area contributed by atoms with E-state index in [-0.39, 0.29) is 5.91 Å². The van der Waals surface area contributed by atoms with Gasteiger partial charge >= 0.3 is 0 Å². The van der Waals surface area contributed by atoms with Crippen molar-refractivity contribution < 1.29 is 4.79 Å². The SMILES string of the molecule is CCCC(CCC)(C(=O)NCc1ccc(C)s1)C(N)=S. The third-order valence-electron chi connectivity index (χ3n) is 3.48. The molecule has 0 spiro atoms. The number of aryl methyl sites for hydroxylation is 1. The zero-order valence-corrected chi connectivity index (χ0v) is 14.1. The van der Waals surface area contributed by atoms with Gasteiger partial charge in [-0.1, -0.05) is 38.9 Å². The molecule has 0 fully saturated rings. The molecule has 1 heterocycles. The van der Waals surface area contributed by atoms with E-state index in [1.165, 1.54) is 4.88 Å². The summed E-state index contributed by atoms with van der Waals surface area (Å²) in [5, 5.41) is 3.01. The van der Waals surface area contributed by atoms with Crippen LogP contribution < -0.4 is 11.1 Å². The molecule has 1 amide bonds. The van der Waals surface area contributed by atoms with Crippen molar-refractivity contribution in [3.05, 3.63) is 21.9 Å². The highest BCUT2D eigenvalue weighted by molar-refractivity contribution is 7.80. The van der Waals surface area contributed by atoms with E-state index >= 15 is 0 Å². The van der Waals surface area contributed by atoms with Crippen molar-refractivity contribution in [1.29, 1.82) is 0 Å². The summed E-state index contributed by atoms with van der Waals surface area (Å²) >= 11 is 6.89. The van der Waals surface area contributed by atoms with Crippen molar-refractivity contribution in [2.24, 2.45) is 11.1 Å². The maximum atomic E-state index is 12.6. The zero-order chi connectivity index (χ0) is 15.2. The summed E-state index contributed by atoms with van der Waals surface area (Å²) in [4.78, 5) is 15.3. The van der Waals surface area contributed by atoms with Gasteiger partial charge in [0.05, 0.1) is 16.9 Å². The molecule has 1 rings (SSSR count). The number of nitrogens with one attached hydrogen (secondary N) is 1. The first-order chi connectivity index (χ1) is 9.46. The molecule has 0 saturated carbocycles. The Morgan fingerprint density at radius 1 is 1.35 bits per heavy atom. The van der Waals surface area contributed by atoms with Crippen LogP contribution in [0.3, 0.4) is 0 Å². The first-order valence-electron chi connectivity index (χ1n) is 7.09. The number of carbonyl (C=O) groups excluding carboxylic acids is 1. The third kappa shape index (κ3) is 4.03. The fourth-order valence-corrected chi connectivity index (χ4v) is 3.61. The molecule has 0 aliphatic heterocycles. The largest absolute Gasteiger partial charge is 0.392 e. The number of thiophene rings is 1. The van der Waals surface area contributed by atoms with E-state index in [1.54, 1.807) is 11.3 Å². The molecular weight excluding hydrogens is 288 g/mol. The van der Waals surface area contributed by atoms with Crippen LogP contribution in [0.15, 0.2) is 12.1 Å². The maximum absolute atomic E-state index is 12.6. The van der Waals surface area contributed by atoms with Gasteiger partial charge in [0.1, 0.15) is 0 Å². The Kier molecular flexibility index (Phi) is 6.62. The van der Waals surface area contributed by atoms with Crippen LogP contribution in [0.5, 0.6) is 0 Å². The second-order valence-corrected chi connectivity index (χ2v) is 6.95. The summed E-state index contributed by atoms with van der Waals surface area (Å²) in [5.74, 6) is -0.0280. The molecule has 0 aromatic carbocycles. The first-order valence-corrected chi connectivity index (χ1v) is 8.32. The van der Waals surface area contributed by atoms with Gasteiger partial charge in [0, 0.05) is 9.75 Å². The summed E-state index contributed by atoms with van der Waals surface area (Å²) in [6.45, 7) is 6.72. The highest BCUT2D eigenvalue weighted by Gasteiger charge is 2.39. The quantitative estimate of drug-likeness (QED) is 0.722. The summed E-state index contributed by atoms with van der Waals surface area (Å²) < 4.78 is 0. The molecule has 0 unspecified atom stereocenters. The van der Waals surface area contributed by atoms with Crippen molar-refractivity contribution in [2.45, 2.75) is 53.0 Å². The Morgan fingerprint density at radius 2 is 1.95 bits per heavy atom. The Morgan fingerprint density at radius 3 is 2.35 bits per heavy atom. The Bertz CT molecular complexity index is 462. The van der Waals surface area contributed by atoms with Gasteiger partial charge in [-0.05, 0) is 31.9 Å². The van der Waals surface area contributed by atoms with Gasteiger partial charge in [-0.25, -0.2) is 0 Å². The molecule has 112 valence electrons. The minimum Gasteiger partial charge on any atom is -0.392 e. The van der Waals surface area contributed by atoms with Crippen LogP contribution in [0.4, 0.5) is 0 Å². The van der Waals surface area contributed by atoms with Gasteiger partial charge in [-0.3, -0.25) is 4.79 Å². The standard InChI is InChI=1S/C15H24N2OS2/c1-4-8-15(9-5-2,13(16)19)14(18)17-10-12-7-6-11(3)20-12/h6-7H,4-5,8-10H2,1-3H3,(H2,16,19)(H,17,18). The Labute approximate surface area is 130 Å². The molecule has 20 heavy (non-hydrogen) atoms. The second kappa shape index (κ2) is 7.74. The predicted octanol–water partition coefficient (Wildman–Crippen LogP) is 3.55. The monoisotopic (exact) mass is 312 g/mol. The van der Waals surface area contributed by atoms with Crippen molar-refractivity contribution in [2.75, 3.05) is 0 Å². The molecule has 0 atom stereocenters. The number of hydrogen-bond acceptors (Lipinski definition) is 3. The molecule has 0 aliphatic rings. The molecule has 0 bridgehead atoms. The summed E-state index contributed by atoms with van der Waals surface area (Å²) in [6.07, 6.45) is 3.21. The van der Waals surface area contributed by atoms with Crippen LogP contribution in [0.2, 0.25) is 0 Å². The van der Waals surface area contributed by atoms with E-state index in [4.69, 9.17) is 18.0 Å². The van der Waals surface area contributed by atoms with Crippen LogP contribution in [0.1, 0.15) is 49.3 Å². The molecule has 1 aromatic heterocycles. The molecule has 3 N–H and O–H groups in total. The van der Waals surface area contributed by atoms with Crippen molar-refractivity contribution >= 4 is 34.5 Å². The van der Waals surface area contributed by atoms with E-state index in [1.807, 2.05) is 6.07 Å². The van der Waals surface area contributed by atoms with Gasteiger partial charge in [-0.15, -0.1) is 11.3 Å². The van der Waals surface area contributed by atoms with Gasteiger partial charge < -0.3 is 11.1 Å². The maximum Gasteiger partial charge on any atom is 0.233 e. The van der Waals surface area contributed by atoms with Gasteiger partial charge in [0.25, 0.3) is 0 Å². The van der Waals surface area contributed by atoms with Crippen molar-refractivity contribution in [3.8, 4) is 0 Å². The second-order valence-electron chi connectivity index (χ2n) is 5.14. The van der Waals surface area contributed by atoms with Gasteiger partial charge in [0.2, 0.25) is 5.91 Å². The van der Waals surface area contributed by atoms with E-state index in [9.17, 15) is 4.79 Å². The average Bonchev–Trinajstić information content (AvgIpc) is 2.81. The topological polar surface area (TPSA) is 55.1 Å². The highest BCUT2D eigenvalue weighted by Crippen LogP contribution is 2.31. The fourth-order valence-electron chi connectivity index (χ4n) is 2.48. The van der Waals surface area contributed by atoms with Gasteiger partial charge in [0.15, 0.2) is 0 Å². The van der Waals surface area contributed by atoms with Crippen LogP contribution in [0, 0.1) is 12.3 Å². The third-order valence-corrected chi connectivity index (χ3v) is 4.87. The van der Waals surface area contributed by atoms with E-state index in [2.05, 4.69) is 32.2 Å². The molecule has 0 aliphatic carbocycles. The van der Waals surface area contributed by atoms with Crippen molar-refractivity contribution in [1.82, 2.24) is 5.32 Å². The Hall–Kier alpha value is -0.940. The lowest BCUT2D eigenvalue weighted by Crippen LogP contribution is -2.48. The van der Waals surface area contributed by atoms with Gasteiger partial charge in [-0.2, -0.15) is 0 Å². The van der Waals surface area contributed by atoms with E-state index in [0.29, 0.717) is 24.4 Å². The Balaban J connectivity index is 2.79. The fraction of sp³-hybridized carbons (Fsp3) is 0.600. The van der Waals surface area contributed by atoms with Crippen LogP contribution in [-0.2, 0) is 11.3 Å². The smallest absolute Gasteiger partial charge is 0.233 e. The van der Waals surface area contributed by atoms with E-state index < -0.39 is 5.41 Å². The number of amides is 1. The average molecular weight is 313 g/mol. The first kappa shape index (κ1) is 17.1. The number of carbonyl (C=O) groups is 1. The number of hydrogen-bond donors (Lipinski definition) is 2. The number of rotatable bonds is 8. The van der Waals surface area contributed by atoms with Crippen LogP contribution >= 0.6 is 23.6 Å². The zero-order valence-electron chi connectivity index (χ0n) is 12.5. The molecular formula is C15H24N2OS2. The highest BCUT2D eigenvalue weighted by atomic mass is 32.1. The lowest BCUT2D eigenvalue weighted by molar-refractivity contribution is -0.128. The van der Waals surface area contributed by atoms with Crippen LogP contribution in [-0.4, -0.2) is 10.9 Å². The normalized spacial score (nSPS) is 11.3. The molecule has 0 radical (unpaired) electrons. The molecule has 1 aromatic rings. The minimum atomic E-state index is -0.689. The number of thiocarbonyl (C=S) groups is 1. The lowest BCUT2D eigenvalue weighted by atomic mass is 9.78. The van der Waals surface area contributed by atoms with Crippen molar-refractivity contribution in [3.63, 3.8) is 0 Å². The number of nitrogens with two attached hydrogens (primary N) is 1. The summed E-state index contributed by atoms with van der Waals surface area (Å²) in [5.41, 5.74) is 5.20.